The zero-order valence-corrected chi connectivity index (χ0v) is 12.9. The molecule has 0 aliphatic carbocycles. The Morgan fingerprint density at radius 3 is 2.35 bits per heavy atom. The first-order valence-electron chi connectivity index (χ1n) is 6.91. The molecule has 2 atom stereocenters. The highest BCUT2D eigenvalue weighted by Gasteiger charge is 2.23. The quantitative estimate of drug-likeness (QED) is 0.797. The van der Waals surface area contributed by atoms with E-state index >= 15 is 0 Å². The van der Waals surface area contributed by atoms with Gasteiger partial charge in [-0.05, 0) is 12.0 Å². The average Bonchev–Trinajstić information content (AvgIpc) is 2.44. The third kappa shape index (κ3) is 5.06. The van der Waals surface area contributed by atoms with Gasteiger partial charge in [0.2, 0.25) is 0 Å². The summed E-state index contributed by atoms with van der Waals surface area (Å²) in [6.45, 7) is 3.57. The molecular formula is C15H23NO3S. The molecular weight excluding hydrogens is 274 g/mol. The molecule has 0 amide bonds. The molecule has 1 aromatic carbocycles. The topological polar surface area (TPSA) is 77.2 Å². The minimum atomic E-state index is -3.11. The van der Waals surface area contributed by atoms with Gasteiger partial charge in [-0.15, -0.1) is 0 Å². The van der Waals surface area contributed by atoms with Gasteiger partial charge >= 0.3 is 0 Å². The Labute approximate surface area is 121 Å². The molecule has 112 valence electrons. The highest BCUT2D eigenvalue weighted by Crippen LogP contribution is 2.21. The first kappa shape index (κ1) is 16.9. The summed E-state index contributed by atoms with van der Waals surface area (Å²) in [5.41, 5.74) is 6.96. The molecule has 1 aromatic rings. The Kier molecular flexibility index (Phi) is 6.36. The van der Waals surface area contributed by atoms with E-state index in [0.717, 1.165) is 5.56 Å². The highest BCUT2D eigenvalue weighted by atomic mass is 32.2. The van der Waals surface area contributed by atoms with Gasteiger partial charge in [0.25, 0.3) is 0 Å². The second kappa shape index (κ2) is 7.55. The lowest BCUT2D eigenvalue weighted by molar-refractivity contribution is -0.122. The van der Waals surface area contributed by atoms with E-state index in [1.54, 1.807) is 6.92 Å². The number of carbonyl (C=O) groups is 1. The SMILES string of the molecule is CCCS(=O)(=O)CCC(=O)C(C)C(N)c1ccccc1. The Hall–Kier alpha value is -1.20. The zero-order valence-electron chi connectivity index (χ0n) is 12.1. The molecule has 0 fully saturated rings. The van der Waals surface area contributed by atoms with Crippen LogP contribution in [0.1, 0.15) is 38.3 Å². The largest absolute Gasteiger partial charge is 0.323 e. The van der Waals surface area contributed by atoms with E-state index in [1.165, 1.54) is 0 Å². The first-order chi connectivity index (χ1) is 9.37. The van der Waals surface area contributed by atoms with E-state index in [9.17, 15) is 13.2 Å². The monoisotopic (exact) mass is 297 g/mol. The highest BCUT2D eigenvalue weighted by molar-refractivity contribution is 7.91. The fraction of sp³-hybridized carbons (Fsp3) is 0.533. The Morgan fingerprint density at radius 1 is 1.20 bits per heavy atom. The van der Waals surface area contributed by atoms with Crippen molar-refractivity contribution in [2.45, 2.75) is 32.7 Å². The third-order valence-electron chi connectivity index (χ3n) is 3.41. The fourth-order valence-electron chi connectivity index (χ4n) is 2.06. The van der Waals surface area contributed by atoms with Gasteiger partial charge in [0.05, 0.1) is 5.75 Å². The number of rotatable bonds is 8. The van der Waals surface area contributed by atoms with Crippen LogP contribution in [0.2, 0.25) is 0 Å². The smallest absolute Gasteiger partial charge is 0.150 e. The maximum Gasteiger partial charge on any atom is 0.150 e. The third-order valence-corrected chi connectivity index (χ3v) is 5.26. The van der Waals surface area contributed by atoms with Crippen LogP contribution in [0.4, 0.5) is 0 Å². The van der Waals surface area contributed by atoms with Crippen molar-refractivity contribution in [3.63, 3.8) is 0 Å². The molecule has 0 aromatic heterocycles. The molecule has 1 rings (SSSR count). The molecule has 0 radical (unpaired) electrons. The molecule has 0 heterocycles. The van der Waals surface area contributed by atoms with Crippen LogP contribution < -0.4 is 5.73 Å². The number of Topliss-reactive ketones (excluding diaryl/α,β-unsaturated/α-hetero) is 1. The van der Waals surface area contributed by atoms with Crippen molar-refractivity contribution in [2.75, 3.05) is 11.5 Å². The number of carbonyl (C=O) groups excluding carboxylic acids is 1. The van der Waals surface area contributed by atoms with Crippen LogP contribution in [-0.4, -0.2) is 25.7 Å². The van der Waals surface area contributed by atoms with E-state index in [4.69, 9.17) is 5.73 Å². The van der Waals surface area contributed by atoms with Crippen LogP contribution in [-0.2, 0) is 14.6 Å². The van der Waals surface area contributed by atoms with Crippen molar-refractivity contribution in [3.05, 3.63) is 35.9 Å². The molecule has 20 heavy (non-hydrogen) atoms. The maximum absolute atomic E-state index is 12.1. The van der Waals surface area contributed by atoms with Gasteiger partial charge in [-0.25, -0.2) is 8.42 Å². The zero-order chi connectivity index (χ0) is 15.2. The van der Waals surface area contributed by atoms with Crippen LogP contribution >= 0.6 is 0 Å². The summed E-state index contributed by atoms with van der Waals surface area (Å²) in [6.07, 6.45) is 0.625. The van der Waals surface area contributed by atoms with E-state index < -0.39 is 15.9 Å². The lowest BCUT2D eigenvalue weighted by atomic mass is 9.91. The van der Waals surface area contributed by atoms with Crippen molar-refractivity contribution in [3.8, 4) is 0 Å². The van der Waals surface area contributed by atoms with Crippen molar-refractivity contribution in [1.82, 2.24) is 0 Å². The molecule has 2 N–H and O–H groups in total. The minimum absolute atomic E-state index is 0.0457. The van der Waals surface area contributed by atoms with Crippen molar-refractivity contribution >= 4 is 15.6 Å². The van der Waals surface area contributed by atoms with Crippen molar-refractivity contribution < 1.29 is 13.2 Å². The molecule has 0 aliphatic rings. The van der Waals surface area contributed by atoms with Crippen LogP contribution in [0.25, 0.3) is 0 Å². The summed E-state index contributed by atoms with van der Waals surface area (Å²) < 4.78 is 23.2. The Balaban J connectivity index is 2.59. The predicted molar refractivity (Wildman–Crippen MR) is 81.1 cm³/mol. The van der Waals surface area contributed by atoms with Gasteiger partial charge in [-0.2, -0.15) is 0 Å². The lowest BCUT2D eigenvalue weighted by Gasteiger charge is -2.19. The van der Waals surface area contributed by atoms with Crippen molar-refractivity contribution in [2.24, 2.45) is 11.7 Å². The summed E-state index contributed by atoms with van der Waals surface area (Å²) in [5, 5.41) is 0. The molecule has 0 spiro atoms. The van der Waals surface area contributed by atoms with Gasteiger partial charge in [-0.3, -0.25) is 4.79 Å². The normalized spacial score (nSPS) is 14.8. The number of ketones is 1. The predicted octanol–water partition coefficient (Wildman–Crippen LogP) is 2.11. The summed E-state index contributed by atoms with van der Waals surface area (Å²) in [5.74, 6) is -0.416. The van der Waals surface area contributed by atoms with Crippen molar-refractivity contribution in [1.29, 1.82) is 0 Å². The van der Waals surface area contributed by atoms with Gasteiger partial charge in [0, 0.05) is 24.1 Å². The Bertz CT molecular complexity index is 525. The second-order valence-electron chi connectivity index (χ2n) is 5.09. The van der Waals surface area contributed by atoms with Crippen LogP contribution in [0, 0.1) is 5.92 Å². The summed E-state index contributed by atoms with van der Waals surface area (Å²) in [7, 11) is -3.11. The number of hydrogen-bond donors (Lipinski definition) is 1. The van der Waals surface area contributed by atoms with Gasteiger partial charge in [0.1, 0.15) is 5.78 Å². The number of nitrogens with two attached hydrogens (primary N) is 1. The fourth-order valence-corrected chi connectivity index (χ4v) is 3.40. The molecule has 0 saturated heterocycles. The van der Waals surface area contributed by atoms with E-state index in [-0.39, 0.29) is 29.6 Å². The van der Waals surface area contributed by atoms with Gasteiger partial charge in [0.15, 0.2) is 9.84 Å². The lowest BCUT2D eigenvalue weighted by Crippen LogP contribution is -2.27. The summed E-state index contributed by atoms with van der Waals surface area (Å²) in [4.78, 5) is 12.1. The molecule has 0 bridgehead atoms. The summed E-state index contributed by atoms with van der Waals surface area (Å²) in [6, 6.07) is 9.00. The molecule has 0 aliphatic heterocycles. The number of benzene rings is 1. The van der Waals surface area contributed by atoms with Gasteiger partial charge in [-0.1, -0.05) is 44.2 Å². The molecule has 4 nitrogen and oxygen atoms in total. The number of hydrogen-bond acceptors (Lipinski definition) is 4. The number of sulfone groups is 1. The van der Waals surface area contributed by atoms with E-state index in [2.05, 4.69) is 0 Å². The van der Waals surface area contributed by atoms with Gasteiger partial charge < -0.3 is 5.73 Å². The average molecular weight is 297 g/mol. The molecule has 5 heteroatoms. The standard InChI is InChI=1S/C15H23NO3S/c1-3-10-20(18,19)11-9-14(17)12(2)15(16)13-7-5-4-6-8-13/h4-8,12,15H,3,9-11,16H2,1-2H3. The first-order valence-corrected chi connectivity index (χ1v) is 8.73. The molecule has 2 unspecified atom stereocenters. The second-order valence-corrected chi connectivity index (χ2v) is 7.40. The van der Waals surface area contributed by atoms with E-state index in [1.807, 2.05) is 37.3 Å². The molecule has 0 saturated carbocycles. The Morgan fingerprint density at radius 2 is 1.80 bits per heavy atom. The van der Waals surface area contributed by atoms with E-state index in [0.29, 0.717) is 6.42 Å². The van der Waals surface area contributed by atoms with Crippen LogP contribution in [0.15, 0.2) is 30.3 Å². The maximum atomic E-state index is 12.1. The summed E-state index contributed by atoms with van der Waals surface area (Å²) >= 11 is 0. The van der Waals surface area contributed by atoms with Crippen LogP contribution in [0.5, 0.6) is 0 Å². The minimum Gasteiger partial charge on any atom is -0.323 e. The van der Waals surface area contributed by atoms with Crippen LogP contribution in [0.3, 0.4) is 0 Å².